The summed E-state index contributed by atoms with van der Waals surface area (Å²) in [5, 5.41) is 0. The Hall–Kier alpha value is -1.88. The van der Waals surface area contributed by atoms with Crippen molar-refractivity contribution in [1.82, 2.24) is 19.4 Å². The summed E-state index contributed by atoms with van der Waals surface area (Å²) in [7, 11) is 0. The molecular formula is C15H19N5. The number of nitrogens with zero attached hydrogens (tertiary/aromatic N) is 4. The molecule has 0 aromatic carbocycles. The lowest BCUT2D eigenvalue weighted by molar-refractivity contribution is 0.0577. The fraction of sp³-hybridized carbons (Fsp3) is 0.467. The van der Waals surface area contributed by atoms with E-state index in [1.165, 1.54) is 25.9 Å². The average Bonchev–Trinajstić information content (AvgIpc) is 2.98. The zero-order chi connectivity index (χ0) is 13.5. The molecule has 3 aliphatic heterocycles. The van der Waals surface area contributed by atoms with Crippen LogP contribution in [0.3, 0.4) is 0 Å². The number of nitrogen functional groups attached to an aromatic ring is 1. The van der Waals surface area contributed by atoms with E-state index in [1.54, 1.807) is 6.20 Å². The summed E-state index contributed by atoms with van der Waals surface area (Å²) in [5.74, 6) is 0.769. The van der Waals surface area contributed by atoms with Crippen molar-refractivity contribution in [2.75, 3.05) is 25.4 Å². The summed E-state index contributed by atoms with van der Waals surface area (Å²) < 4.78 is 2.31. The van der Waals surface area contributed by atoms with E-state index in [9.17, 15) is 0 Å². The second-order valence-electron chi connectivity index (χ2n) is 5.85. The second-order valence-corrected chi connectivity index (χ2v) is 5.85. The lowest BCUT2D eigenvalue weighted by atomic mass is 9.83. The zero-order valence-electron chi connectivity index (χ0n) is 11.4. The Bertz CT molecular complexity index is 612. The van der Waals surface area contributed by atoms with Gasteiger partial charge < -0.3 is 15.2 Å². The maximum absolute atomic E-state index is 6.09. The molecule has 20 heavy (non-hydrogen) atoms. The van der Waals surface area contributed by atoms with Crippen LogP contribution in [0.2, 0.25) is 0 Å². The molecule has 0 spiro atoms. The number of rotatable bonds is 2. The van der Waals surface area contributed by atoms with Gasteiger partial charge in [-0.15, -0.1) is 0 Å². The van der Waals surface area contributed by atoms with E-state index in [2.05, 4.69) is 19.4 Å². The first kappa shape index (κ1) is 11.9. The fourth-order valence-corrected chi connectivity index (χ4v) is 3.65. The molecule has 0 amide bonds. The highest BCUT2D eigenvalue weighted by Crippen LogP contribution is 2.38. The van der Waals surface area contributed by atoms with E-state index < -0.39 is 0 Å². The van der Waals surface area contributed by atoms with Crippen LogP contribution >= 0.6 is 0 Å². The molecular weight excluding hydrogens is 250 g/mol. The van der Waals surface area contributed by atoms with Crippen molar-refractivity contribution in [2.24, 2.45) is 5.92 Å². The molecule has 5 heterocycles. The first-order chi connectivity index (χ1) is 9.83. The smallest absolute Gasteiger partial charge is 0.0954 e. The second kappa shape index (κ2) is 4.59. The predicted octanol–water partition coefficient (Wildman–Crippen LogP) is 1.79. The standard InChI is InChI=1S/C15H19N5/c16-13-1-4-17-7-12(13)14-8-18-10-20(14)15-9-19-5-2-11(15)3-6-19/h1,4,7-8,10-11,15H,2-3,5-6,9H2,(H2,16,17). The van der Waals surface area contributed by atoms with Crippen molar-refractivity contribution in [2.45, 2.75) is 18.9 Å². The van der Waals surface area contributed by atoms with Gasteiger partial charge in [0, 0.05) is 30.2 Å². The minimum Gasteiger partial charge on any atom is -0.398 e. The van der Waals surface area contributed by atoms with E-state index in [-0.39, 0.29) is 0 Å². The minimum absolute atomic E-state index is 0.523. The molecule has 5 heteroatoms. The van der Waals surface area contributed by atoms with Gasteiger partial charge >= 0.3 is 0 Å². The molecule has 3 fully saturated rings. The molecule has 2 N–H and O–H groups in total. The zero-order valence-corrected chi connectivity index (χ0v) is 11.4. The predicted molar refractivity (Wildman–Crippen MR) is 78.1 cm³/mol. The number of imidazole rings is 1. The van der Waals surface area contributed by atoms with Crippen LogP contribution in [-0.2, 0) is 0 Å². The summed E-state index contributed by atoms with van der Waals surface area (Å²) in [6, 6.07) is 2.37. The van der Waals surface area contributed by atoms with Crippen molar-refractivity contribution >= 4 is 5.69 Å². The third-order valence-corrected chi connectivity index (χ3v) is 4.78. The number of piperidine rings is 3. The van der Waals surface area contributed by atoms with Crippen LogP contribution in [0.15, 0.2) is 31.0 Å². The summed E-state index contributed by atoms with van der Waals surface area (Å²) in [5.41, 5.74) is 8.94. The number of nitrogens with two attached hydrogens (primary N) is 1. The number of hydrogen-bond donors (Lipinski definition) is 1. The van der Waals surface area contributed by atoms with Crippen LogP contribution in [0.5, 0.6) is 0 Å². The monoisotopic (exact) mass is 269 g/mol. The molecule has 104 valence electrons. The Morgan fingerprint density at radius 3 is 2.70 bits per heavy atom. The maximum Gasteiger partial charge on any atom is 0.0954 e. The number of fused-ring (bicyclic) bond motifs is 3. The molecule has 3 aliphatic rings. The summed E-state index contributed by atoms with van der Waals surface area (Å²) in [6.45, 7) is 3.63. The highest BCUT2D eigenvalue weighted by Gasteiger charge is 2.35. The lowest BCUT2D eigenvalue weighted by Gasteiger charge is -2.45. The quantitative estimate of drug-likeness (QED) is 0.903. The first-order valence-electron chi connectivity index (χ1n) is 7.27. The van der Waals surface area contributed by atoms with Crippen molar-refractivity contribution in [3.63, 3.8) is 0 Å². The highest BCUT2D eigenvalue weighted by atomic mass is 15.2. The molecule has 5 rings (SSSR count). The Kier molecular flexibility index (Phi) is 2.73. The molecule has 0 radical (unpaired) electrons. The normalized spacial score (nSPS) is 28.7. The van der Waals surface area contributed by atoms with Crippen LogP contribution in [-0.4, -0.2) is 39.1 Å². The van der Waals surface area contributed by atoms with Crippen LogP contribution in [0, 0.1) is 5.92 Å². The lowest BCUT2D eigenvalue weighted by Crippen LogP contribution is -2.48. The average molecular weight is 269 g/mol. The van der Waals surface area contributed by atoms with Crippen molar-refractivity contribution in [3.8, 4) is 11.3 Å². The van der Waals surface area contributed by atoms with Crippen molar-refractivity contribution in [3.05, 3.63) is 31.0 Å². The van der Waals surface area contributed by atoms with Crippen molar-refractivity contribution in [1.29, 1.82) is 0 Å². The third-order valence-electron chi connectivity index (χ3n) is 4.78. The van der Waals surface area contributed by atoms with Gasteiger partial charge in [-0.25, -0.2) is 4.98 Å². The van der Waals surface area contributed by atoms with Gasteiger partial charge in [-0.05, 0) is 37.9 Å². The van der Waals surface area contributed by atoms with Gasteiger partial charge in [0.2, 0.25) is 0 Å². The SMILES string of the molecule is Nc1ccncc1-c1cncn1C1CN2CCC1CC2. The van der Waals surface area contributed by atoms with Crippen molar-refractivity contribution < 1.29 is 0 Å². The molecule has 2 bridgehead atoms. The minimum atomic E-state index is 0.523. The van der Waals surface area contributed by atoms with E-state index >= 15 is 0 Å². The van der Waals surface area contributed by atoms with Crippen LogP contribution < -0.4 is 5.73 Å². The molecule has 2 aromatic rings. The molecule has 1 atom stereocenters. The maximum atomic E-state index is 6.09. The van der Waals surface area contributed by atoms with E-state index in [0.29, 0.717) is 6.04 Å². The molecule has 1 unspecified atom stereocenters. The summed E-state index contributed by atoms with van der Waals surface area (Å²) in [6.07, 6.45) is 10.0. The van der Waals surface area contributed by atoms with E-state index in [4.69, 9.17) is 5.73 Å². The number of anilines is 1. The molecule has 5 nitrogen and oxygen atoms in total. The fourth-order valence-electron chi connectivity index (χ4n) is 3.65. The van der Waals surface area contributed by atoms with E-state index in [1.807, 2.05) is 24.8 Å². The van der Waals surface area contributed by atoms with Crippen LogP contribution in [0.4, 0.5) is 5.69 Å². The summed E-state index contributed by atoms with van der Waals surface area (Å²) >= 11 is 0. The molecule has 3 saturated heterocycles. The highest BCUT2D eigenvalue weighted by molar-refractivity contribution is 5.72. The van der Waals surface area contributed by atoms with Crippen LogP contribution in [0.25, 0.3) is 11.3 Å². The Morgan fingerprint density at radius 2 is 2.00 bits per heavy atom. The number of aromatic nitrogens is 3. The number of hydrogen-bond acceptors (Lipinski definition) is 4. The van der Waals surface area contributed by atoms with Gasteiger partial charge in [0.25, 0.3) is 0 Å². The van der Waals surface area contributed by atoms with Gasteiger partial charge in [-0.3, -0.25) is 4.98 Å². The Labute approximate surface area is 118 Å². The van der Waals surface area contributed by atoms with Crippen LogP contribution in [0.1, 0.15) is 18.9 Å². The van der Waals surface area contributed by atoms with Gasteiger partial charge in [-0.1, -0.05) is 0 Å². The molecule has 0 aliphatic carbocycles. The first-order valence-corrected chi connectivity index (χ1v) is 7.27. The Morgan fingerprint density at radius 1 is 1.15 bits per heavy atom. The largest absolute Gasteiger partial charge is 0.398 e. The van der Waals surface area contributed by atoms with Gasteiger partial charge in [-0.2, -0.15) is 0 Å². The topological polar surface area (TPSA) is 60.0 Å². The molecule has 2 aromatic heterocycles. The van der Waals surface area contributed by atoms with Gasteiger partial charge in [0.15, 0.2) is 0 Å². The van der Waals surface area contributed by atoms with E-state index in [0.717, 1.165) is 29.4 Å². The number of pyridine rings is 1. The third kappa shape index (κ3) is 1.81. The van der Waals surface area contributed by atoms with Gasteiger partial charge in [0.1, 0.15) is 0 Å². The summed E-state index contributed by atoms with van der Waals surface area (Å²) in [4.78, 5) is 11.1. The van der Waals surface area contributed by atoms with Gasteiger partial charge in [0.05, 0.1) is 24.3 Å². The molecule has 0 saturated carbocycles. The Balaban J connectivity index is 1.74.